The van der Waals surface area contributed by atoms with Gasteiger partial charge in [-0.05, 0) is 33.6 Å². The van der Waals surface area contributed by atoms with E-state index in [0.717, 1.165) is 22.3 Å². The summed E-state index contributed by atoms with van der Waals surface area (Å²) in [5.41, 5.74) is 4.21. The third-order valence-corrected chi connectivity index (χ3v) is 7.34. The molecule has 0 saturated carbocycles. The molecule has 0 radical (unpaired) electrons. The van der Waals surface area contributed by atoms with E-state index in [1.54, 1.807) is 4.90 Å². The summed E-state index contributed by atoms with van der Waals surface area (Å²) in [6, 6.07) is 15.9. The molecule has 2 aliphatic rings. The summed E-state index contributed by atoms with van der Waals surface area (Å²) in [6.07, 6.45) is -0.468. The zero-order valence-electron chi connectivity index (χ0n) is 20.8. The minimum Gasteiger partial charge on any atom is -0.481 e. The molecule has 0 aromatic heterocycles. The van der Waals surface area contributed by atoms with Gasteiger partial charge in [0, 0.05) is 31.5 Å². The predicted octanol–water partition coefficient (Wildman–Crippen LogP) is 4.51. The van der Waals surface area contributed by atoms with Crippen molar-refractivity contribution < 1.29 is 24.2 Å². The lowest BCUT2D eigenvalue weighted by Crippen LogP contribution is -2.47. The van der Waals surface area contributed by atoms with Crippen molar-refractivity contribution in [1.29, 1.82) is 0 Å². The van der Waals surface area contributed by atoms with Gasteiger partial charge in [0.15, 0.2) is 0 Å². The van der Waals surface area contributed by atoms with Gasteiger partial charge in [-0.15, -0.1) is 0 Å². The number of likely N-dealkylation sites (tertiary alicyclic amines) is 1. The van der Waals surface area contributed by atoms with E-state index >= 15 is 0 Å². The number of aliphatic carboxylic acids is 1. The maximum atomic E-state index is 13.0. The van der Waals surface area contributed by atoms with Crippen LogP contribution in [0.2, 0.25) is 0 Å². The van der Waals surface area contributed by atoms with Crippen molar-refractivity contribution in [3.05, 3.63) is 59.7 Å². The first-order valence-electron chi connectivity index (χ1n) is 12.2. The Morgan fingerprint density at radius 1 is 1.03 bits per heavy atom. The van der Waals surface area contributed by atoms with Gasteiger partial charge < -0.3 is 20.1 Å². The molecule has 1 aliphatic carbocycles. The lowest BCUT2D eigenvalue weighted by atomic mass is 9.84. The Balaban J connectivity index is 1.39. The van der Waals surface area contributed by atoms with E-state index in [2.05, 4.69) is 29.6 Å². The van der Waals surface area contributed by atoms with Crippen LogP contribution in [0.5, 0.6) is 0 Å². The van der Waals surface area contributed by atoms with E-state index in [0.29, 0.717) is 6.54 Å². The number of amides is 2. The van der Waals surface area contributed by atoms with Crippen LogP contribution in [0, 0.1) is 17.3 Å². The normalized spacial score (nSPS) is 20.2. The number of ether oxygens (including phenoxy) is 1. The molecule has 2 aromatic carbocycles. The standard InChI is InChI=1S/C28H34N2O5/c1-17-14-30(15-22(17)26(32)33)25(31)13-24(28(2,3)4)29-27(34)35-16-23-20-11-7-5-9-18(20)19-10-6-8-12-21(19)23/h5-12,17,22-24H,13-16H2,1-4H3,(H,29,34)(H,32,33)/t17-,22-,24?/m1/s1. The molecule has 2 amide bonds. The highest BCUT2D eigenvalue weighted by Crippen LogP contribution is 2.44. The summed E-state index contributed by atoms with van der Waals surface area (Å²) in [5.74, 6) is -1.72. The second-order valence-corrected chi connectivity index (χ2v) is 10.8. The molecule has 3 atom stereocenters. The van der Waals surface area contributed by atoms with Crippen LogP contribution in [0.15, 0.2) is 48.5 Å². The zero-order chi connectivity index (χ0) is 25.3. The molecule has 1 fully saturated rings. The second-order valence-electron chi connectivity index (χ2n) is 10.8. The average Bonchev–Trinajstić information content (AvgIpc) is 3.35. The Bertz CT molecular complexity index is 1080. The Labute approximate surface area is 206 Å². The zero-order valence-corrected chi connectivity index (χ0v) is 20.8. The topological polar surface area (TPSA) is 95.9 Å². The van der Waals surface area contributed by atoms with Crippen molar-refractivity contribution in [2.75, 3.05) is 19.7 Å². The maximum absolute atomic E-state index is 13.0. The SMILES string of the molecule is C[C@@H]1CN(C(=O)CC(NC(=O)OCC2c3ccccc3-c3ccccc32)C(C)(C)C)C[C@H]1C(=O)O. The quantitative estimate of drug-likeness (QED) is 0.637. The largest absolute Gasteiger partial charge is 0.481 e. The number of carboxylic acids is 1. The van der Waals surface area contributed by atoms with Gasteiger partial charge in [-0.25, -0.2) is 4.79 Å². The number of nitrogens with one attached hydrogen (secondary N) is 1. The number of carboxylic acid groups (broad SMARTS) is 1. The molecule has 1 aliphatic heterocycles. The maximum Gasteiger partial charge on any atom is 0.407 e. The second kappa shape index (κ2) is 9.72. The minimum absolute atomic E-state index is 0.0399. The smallest absolute Gasteiger partial charge is 0.407 e. The van der Waals surface area contributed by atoms with Gasteiger partial charge in [-0.2, -0.15) is 0 Å². The predicted molar refractivity (Wildman–Crippen MR) is 133 cm³/mol. The van der Waals surface area contributed by atoms with Crippen LogP contribution >= 0.6 is 0 Å². The number of fused-ring (bicyclic) bond motifs is 3. The van der Waals surface area contributed by atoms with Crippen LogP contribution < -0.4 is 5.32 Å². The molecular formula is C28H34N2O5. The molecule has 2 aromatic rings. The number of carbonyl (C=O) groups is 3. The van der Waals surface area contributed by atoms with Gasteiger partial charge in [0.1, 0.15) is 6.61 Å². The first-order valence-corrected chi connectivity index (χ1v) is 12.2. The number of benzene rings is 2. The minimum atomic E-state index is -0.878. The summed E-state index contributed by atoms with van der Waals surface area (Å²) in [4.78, 5) is 38.9. The van der Waals surface area contributed by atoms with Gasteiger partial charge in [-0.3, -0.25) is 9.59 Å². The monoisotopic (exact) mass is 478 g/mol. The van der Waals surface area contributed by atoms with Crippen molar-refractivity contribution in [2.24, 2.45) is 17.3 Å². The number of alkyl carbamates (subject to hydrolysis) is 1. The Morgan fingerprint density at radius 3 is 2.11 bits per heavy atom. The van der Waals surface area contributed by atoms with Crippen LogP contribution in [0.4, 0.5) is 4.79 Å². The molecule has 35 heavy (non-hydrogen) atoms. The molecular weight excluding hydrogens is 444 g/mol. The Morgan fingerprint density at radius 2 is 1.60 bits per heavy atom. The summed E-state index contributed by atoms with van der Waals surface area (Å²) >= 11 is 0. The summed E-state index contributed by atoms with van der Waals surface area (Å²) < 4.78 is 5.69. The molecule has 0 spiro atoms. The Kier molecular flexibility index (Phi) is 6.88. The molecule has 1 heterocycles. The third-order valence-electron chi connectivity index (χ3n) is 7.34. The lowest BCUT2D eigenvalue weighted by molar-refractivity contribution is -0.142. The molecule has 7 nitrogen and oxygen atoms in total. The van der Waals surface area contributed by atoms with Crippen molar-refractivity contribution >= 4 is 18.0 Å². The first kappa shape index (κ1) is 24.8. The van der Waals surface area contributed by atoms with Gasteiger partial charge in [0.25, 0.3) is 0 Å². The Hall–Kier alpha value is -3.35. The summed E-state index contributed by atoms with van der Waals surface area (Å²) in [5, 5.41) is 12.3. The van der Waals surface area contributed by atoms with Crippen LogP contribution in [0.25, 0.3) is 11.1 Å². The van der Waals surface area contributed by atoms with Crippen LogP contribution in [-0.4, -0.2) is 53.7 Å². The van der Waals surface area contributed by atoms with Crippen molar-refractivity contribution in [3.63, 3.8) is 0 Å². The molecule has 4 rings (SSSR count). The summed E-state index contributed by atoms with van der Waals surface area (Å²) in [6.45, 7) is 8.55. The molecule has 1 unspecified atom stereocenters. The number of rotatable bonds is 6. The molecule has 0 bridgehead atoms. The van der Waals surface area contributed by atoms with Crippen molar-refractivity contribution in [3.8, 4) is 11.1 Å². The lowest BCUT2D eigenvalue weighted by Gasteiger charge is -2.32. The van der Waals surface area contributed by atoms with Gasteiger partial charge in [-0.1, -0.05) is 76.2 Å². The number of nitrogens with zero attached hydrogens (tertiary/aromatic N) is 1. The average molecular weight is 479 g/mol. The van der Waals surface area contributed by atoms with Gasteiger partial charge in [0.05, 0.1) is 5.92 Å². The number of hydrogen-bond donors (Lipinski definition) is 2. The van der Waals surface area contributed by atoms with E-state index in [1.807, 2.05) is 52.0 Å². The van der Waals surface area contributed by atoms with E-state index in [1.165, 1.54) is 0 Å². The fraction of sp³-hybridized carbons (Fsp3) is 0.464. The van der Waals surface area contributed by atoms with E-state index < -0.39 is 29.4 Å². The van der Waals surface area contributed by atoms with Crippen LogP contribution in [-0.2, 0) is 14.3 Å². The van der Waals surface area contributed by atoms with Crippen LogP contribution in [0.1, 0.15) is 51.2 Å². The number of carbonyl (C=O) groups excluding carboxylic acids is 2. The highest BCUT2D eigenvalue weighted by Gasteiger charge is 2.39. The summed E-state index contributed by atoms with van der Waals surface area (Å²) in [7, 11) is 0. The van der Waals surface area contributed by atoms with Crippen molar-refractivity contribution in [1.82, 2.24) is 10.2 Å². The fourth-order valence-electron chi connectivity index (χ4n) is 5.15. The van der Waals surface area contributed by atoms with E-state index in [9.17, 15) is 19.5 Å². The molecule has 7 heteroatoms. The van der Waals surface area contributed by atoms with E-state index in [-0.39, 0.29) is 37.3 Å². The molecule has 186 valence electrons. The van der Waals surface area contributed by atoms with Gasteiger partial charge in [0.2, 0.25) is 5.91 Å². The molecule has 1 saturated heterocycles. The molecule has 2 N–H and O–H groups in total. The van der Waals surface area contributed by atoms with Gasteiger partial charge >= 0.3 is 12.1 Å². The third kappa shape index (κ3) is 5.19. The number of hydrogen-bond acceptors (Lipinski definition) is 4. The van der Waals surface area contributed by atoms with Crippen LogP contribution in [0.3, 0.4) is 0 Å². The van der Waals surface area contributed by atoms with Crippen molar-refractivity contribution in [2.45, 2.75) is 46.1 Å². The first-order chi connectivity index (χ1) is 16.6. The highest BCUT2D eigenvalue weighted by molar-refractivity contribution is 5.81. The van der Waals surface area contributed by atoms with E-state index in [4.69, 9.17) is 4.74 Å². The fourth-order valence-corrected chi connectivity index (χ4v) is 5.15. The highest BCUT2D eigenvalue weighted by atomic mass is 16.5.